The lowest BCUT2D eigenvalue weighted by Gasteiger charge is -2.31. The van der Waals surface area contributed by atoms with Gasteiger partial charge < -0.3 is 10.6 Å². The van der Waals surface area contributed by atoms with Crippen molar-refractivity contribution in [2.45, 2.75) is 32.7 Å². The maximum Gasteiger partial charge on any atom is 0.219 e. The van der Waals surface area contributed by atoms with Gasteiger partial charge in [0.15, 0.2) is 5.65 Å². The van der Waals surface area contributed by atoms with Crippen LogP contribution in [0.3, 0.4) is 0 Å². The molecule has 5 rings (SSSR count). The third-order valence-corrected chi connectivity index (χ3v) is 6.24. The number of pyridine rings is 1. The van der Waals surface area contributed by atoms with E-state index >= 15 is 0 Å². The van der Waals surface area contributed by atoms with Crippen LogP contribution < -0.4 is 5.73 Å². The van der Waals surface area contributed by atoms with E-state index in [1.807, 2.05) is 33.8 Å². The van der Waals surface area contributed by atoms with E-state index in [0.717, 1.165) is 72.1 Å². The zero-order chi connectivity index (χ0) is 21.4. The van der Waals surface area contributed by atoms with Gasteiger partial charge in [-0.1, -0.05) is 12.1 Å². The van der Waals surface area contributed by atoms with Gasteiger partial charge in [0.05, 0.1) is 10.9 Å². The van der Waals surface area contributed by atoms with Crippen molar-refractivity contribution in [3.05, 3.63) is 42.9 Å². The first-order valence-corrected chi connectivity index (χ1v) is 10.7. The van der Waals surface area contributed by atoms with Gasteiger partial charge in [-0.25, -0.2) is 14.6 Å². The highest BCUT2D eigenvalue weighted by atomic mass is 16.2. The van der Waals surface area contributed by atoms with E-state index in [2.05, 4.69) is 21.0 Å². The summed E-state index contributed by atoms with van der Waals surface area (Å²) in [7, 11) is 0. The van der Waals surface area contributed by atoms with Crippen LogP contribution >= 0.6 is 0 Å². The van der Waals surface area contributed by atoms with Gasteiger partial charge in [0.1, 0.15) is 17.8 Å². The van der Waals surface area contributed by atoms with Crippen molar-refractivity contribution in [2.24, 2.45) is 5.92 Å². The summed E-state index contributed by atoms with van der Waals surface area (Å²) in [4.78, 5) is 26.6. The molecule has 0 aliphatic carbocycles. The predicted molar refractivity (Wildman–Crippen MR) is 120 cm³/mol. The van der Waals surface area contributed by atoms with Crippen LogP contribution in [0.2, 0.25) is 0 Å². The Balaban J connectivity index is 1.44. The molecule has 0 spiro atoms. The van der Waals surface area contributed by atoms with Gasteiger partial charge in [0, 0.05) is 43.7 Å². The second-order valence-corrected chi connectivity index (χ2v) is 8.18. The summed E-state index contributed by atoms with van der Waals surface area (Å²) in [5.74, 6) is 1.18. The van der Waals surface area contributed by atoms with Gasteiger partial charge in [0.25, 0.3) is 0 Å². The van der Waals surface area contributed by atoms with E-state index in [-0.39, 0.29) is 5.91 Å². The second kappa shape index (κ2) is 7.94. The molecule has 1 saturated heterocycles. The first kappa shape index (κ1) is 19.4. The fourth-order valence-corrected chi connectivity index (χ4v) is 4.45. The number of hydrogen-bond donors (Lipinski definition) is 1. The Labute approximate surface area is 180 Å². The second-order valence-electron chi connectivity index (χ2n) is 8.18. The Bertz CT molecular complexity index is 1260. The average molecular weight is 416 g/mol. The third-order valence-electron chi connectivity index (χ3n) is 6.24. The minimum Gasteiger partial charge on any atom is -0.383 e. The number of likely N-dealkylation sites (tertiary alicyclic amines) is 1. The highest BCUT2D eigenvalue weighted by Gasteiger charge is 2.22. The van der Waals surface area contributed by atoms with Crippen molar-refractivity contribution < 1.29 is 4.79 Å². The Morgan fingerprint density at radius 1 is 1.16 bits per heavy atom. The number of piperidine rings is 1. The molecule has 158 valence electrons. The number of carbonyl (C=O) groups excluding carboxylic acids is 1. The summed E-state index contributed by atoms with van der Waals surface area (Å²) >= 11 is 0. The zero-order valence-electron chi connectivity index (χ0n) is 17.5. The lowest BCUT2D eigenvalue weighted by molar-refractivity contribution is -0.130. The van der Waals surface area contributed by atoms with Gasteiger partial charge in [-0.2, -0.15) is 5.10 Å². The summed E-state index contributed by atoms with van der Waals surface area (Å²) in [5.41, 5.74) is 9.72. The highest BCUT2D eigenvalue weighted by Crippen LogP contribution is 2.32. The number of amides is 1. The molecule has 0 saturated carbocycles. The van der Waals surface area contributed by atoms with Crippen LogP contribution in [0.4, 0.5) is 5.82 Å². The van der Waals surface area contributed by atoms with Gasteiger partial charge in [-0.3, -0.25) is 9.78 Å². The number of nitrogens with two attached hydrogens (primary N) is 1. The number of aromatic nitrogens is 5. The van der Waals surface area contributed by atoms with Crippen LogP contribution in [-0.2, 0) is 11.3 Å². The molecule has 0 atom stereocenters. The molecule has 1 fully saturated rings. The summed E-state index contributed by atoms with van der Waals surface area (Å²) in [6.07, 6.45) is 6.34. The Morgan fingerprint density at radius 2 is 2.00 bits per heavy atom. The fraction of sp³-hybridized carbons (Fsp3) is 0.348. The van der Waals surface area contributed by atoms with E-state index in [1.165, 1.54) is 6.33 Å². The lowest BCUT2D eigenvalue weighted by atomic mass is 9.93. The number of fused-ring (bicyclic) bond motifs is 2. The van der Waals surface area contributed by atoms with E-state index in [9.17, 15) is 4.79 Å². The van der Waals surface area contributed by atoms with E-state index < -0.39 is 0 Å². The molecule has 0 radical (unpaired) electrons. The van der Waals surface area contributed by atoms with Crippen LogP contribution in [0.5, 0.6) is 0 Å². The minimum atomic E-state index is 0.166. The predicted octanol–water partition coefficient (Wildman–Crippen LogP) is 3.27. The first-order chi connectivity index (χ1) is 15.1. The number of benzene rings is 1. The van der Waals surface area contributed by atoms with Gasteiger partial charge in [-0.15, -0.1) is 0 Å². The molecule has 3 aromatic heterocycles. The molecule has 31 heavy (non-hydrogen) atoms. The molecule has 2 N–H and O–H groups in total. The zero-order valence-corrected chi connectivity index (χ0v) is 17.5. The molecule has 4 aromatic rings. The number of hydrogen-bond acceptors (Lipinski definition) is 6. The smallest absolute Gasteiger partial charge is 0.219 e. The minimum absolute atomic E-state index is 0.166. The fourth-order valence-electron chi connectivity index (χ4n) is 4.45. The van der Waals surface area contributed by atoms with E-state index in [4.69, 9.17) is 10.8 Å². The highest BCUT2D eigenvalue weighted by molar-refractivity contribution is 5.99. The third kappa shape index (κ3) is 3.69. The van der Waals surface area contributed by atoms with Crippen LogP contribution in [0, 0.1) is 5.92 Å². The first-order valence-electron chi connectivity index (χ1n) is 10.7. The standard InChI is InChI=1S/C23H25N7O/c1-15(31)29-10-6-16(7-11-29)8-12-30-23-20(22(24)26-14-27-23)21(28-30)18-4-5-19-17(13-18)3-2-9-25-19/h2-5,9,13-14,16H,6-8,10-12H2,1H3,(H2,24,26,27). The van der Waals surface area contributed by atoms with Gasteiger partial charge in [-0.05, 0) is 43.4 Å². The molecule has 1 aliphatic rings. The van der Waals surface area contributed by atoms with Gasteiger partial charge in [0.2, 0.25) is 5.91 Å². The van der Waals surface area contributed by atoms with Gasteiger partial charge >= 0.3 is 0 Å². The Morgan fingerprint density at radius 3 is 2.81 bits per heavy atom. The number of nitrogens with zero attached hydrogens (tertiary/aromatic N) is 6. The summed E-state index contributed by atoms with van der Waals surface area (Å²) in [6, 6.07) is 10.1. The SMILES string of the molecule is CC(=O)N1CCC(CCn2nc(-c3ccc4ncccc4c3)c3c(N)ncnc32)CC1. The lowest BCUT2D eigenvalue weighted by Crippen LogP contribution is -2.37. The van der Waals surface area contributed by atoms with Crippen molar-refractivity contribution in [1.82, 2.24) is 29.6 Å². The maximum absolute atomic E-state index is 11.6. The van der Waals surface area contributed by atoms with E-state index in [0.29, 0.717) is 11.7 Å². The van der Waals surface area contributed by atoms with Crippen LogP contribution in [0.15, 0.2) is 42.9 Å². The van der Waals surface area contributed by atoms with Crippen molar-refractivity contribution in [3.8, 4) is 11.3 Å². The van der Waals surface area contributed by atoms with Crippen LogP contribution in [-0.4, -0.2) is 48.6 Å². The Hall–Kier alpha value is -3.55. The van der Waals surface area contributed by atoms with Crippen molar-refractivity contribution in [3.63, 3.8) is 0 Å². The number of aryl methyl sites for hydroxylation is 1. The molecule has 0 unspecified atom stereocenters. The number of anilines is 1. The number of carbonyl (C=O) groups is 1. The number of rotatable bonds is 4. The van der Waals surface area contributed by atoms with Crippen LogP contribution in [0.25, 0.3) is 33.2 Å². The normalized spacial score (nSPS) is 15.1. The summed E-state index contributed by atoms with van der Waals surface area (Å²) in [5, 5.41) is 6.74. The topological polar surface area (TPSA) is 103 Å². The molecular weight excluding hydrogens is 390 g/mol. The molecule has 1 amide bonds. The molecule has 1 aliphatic heterocycles. The molecule has 4 heterocycles. The van der Waals surface area contributed by atoms with Crippen molar-refractivity contribution in [1.29, 1.82) is 0 Å². The monoisotopic (exact) mass is 415 g/mol. The maximum atomic E-state index is 11.6. The average Bonchev–Trinajstić information content (AvgIpc) is 3.17. The molecule has 0 bridgehead atoms. The molecular formula is C23H25N7O. The quantitative estimate of drug-likeness (QED) is 0.549. The summed E-state index contributed by atoms with van der Waals surface area (Å²) in [6.45, 7) is 4.08. The largest absolute Gasteiger partial charge is 0.383 e. The van der Waals surface area contributed by atoms with E-state index in [1.54, 1.807) is 13.1 Å². The number of nitrogen functional groups attached to an aromatic ring is 1. The molecule has 1 aromatic carbocycles. The van der Waals surface area contributed by atoms with Crippen LogP contribution in [0.1, 0.15) is 26.2 Å². The van der Waals surface area contributed by atoms with Crippen molar-refractivity contribution in [2.75, 3.05) is 18.8 Å². The molecule has 8 heteroatoms. The Kier molecular flexibility index (Phi) is 4.97. The molecule has 8 nitrogen and oxygen atoms in total. The summed E-state index contributed by atoms with van der Waals surface area (Å²) < 4.78 is 1.95. The van der Waals surface area contributed by atoms with Crippen molar-refractivity contribution >= 4 is 33.7 Å².